The molecule has 20 heavy (non-hydrogen) atoms. The molecule has 0 aliphatic rings. The number of nitrogens with one attached hydrogen (secondary N) is 1. The monoisotopic (exact) mass is 290 g/mol. The lowest BCUT2D eigenvalue weighted by atomic mass is 10.2. The standard InChI is InChI=1S/C14H18N4OS/c1-10(8-11(2)19)17-18-14(20-3)16-9-12-6-4-5-7-13(12)15/h4-9,17H,15H2,1-3H3/b10-8+,16-9+,18-14-. The highest BCUT2D eigenvalue weighted by Crippen LogP contribution is 2.08. The number of aliphatic imine (C=N–C) groups is 1. The molecule has 3 N–H and O–H groups in total. The van der Waals surface area contributed by atoms with Gasteiger partial charge in [0.15, 0.2) is 5.78 Å². The third-order valence-corrected chi connectivity index (χ3v) is 2.80. The summed E-state index contributed by atoms with van der Waals surface area (Å²) in [4.78, 5) is 15.2. The van der Waals surface area contributed by atoms with E-state index in [9.17, 15) is 4.79 Å². The maximum absolute atomic E-state index is 10.9. The molecule has 6 heteroatoms. The molecular formula is C14H18N4OS. The summed E-state index contributed by atoms with van der Waals surface area (Å²) >= 11 is 1.39. The molecular weight excluding hydrogens is 272 g/mol. The van der Waals surface area contributed by atoms with Gasteiger partial charge in [-0.3, -0.25) is 10.2 Å². The van der Waals surface area contributed by atoms with Crippen LogP contribution in [0.15, 0.2) is 46.1 Å². The Balaban J connectivity index is 2.77. The van der Waals surface area contributed by atoms with Crippen LogP contribution in [0, 0.1) is 0 Å². The first kappa shape index (κ1) is 16.0. The molecule has 0 aromatic heterocycles. The number of carbonyl (C=O) groups is 1. The van der Waals surface area contributed by atoms with Gasteiger partial charge in [0.25, 0.3) is 0 Å². The van der Waals surface area contributed by atoms with Crippen molar-refractivity contribution in [2.24, 2.45) is 10.1 Å². The third-order valence-electron chi connectivity index (χ3n) is 2.24. The van der Waals surface area contributed by atoms with E-state index in [0.29, 0.717) is 16.6 Å². The molecule has 0 heterocycles. The molecule has 0 atom stereocenters. The molecule has 0 aliphatic carbocycles. The van der Waals surface area contributed by atoms with Crippen molar-refractivity contribution >= 4 is 34.6 Å². The number of nitrogen functional groups attached to an aromatic ring is 1. The lowest BCUT2D eigenvalue weighted by Crippen LogP contribution is -2.06. The van der Waals surface area contributed by atoms with E-state index >= 15 is 0 Å². The number of thioether (sulfide) groups is 1. The Morgan fingerprint density at radius 1 is 1.35 bits per heavy atom. The lowest BCUT2D eigenvalue weighted by Gasteiger charge is -2.01. The number of ketones is 1. The SMILES string of the molecule is CSC(=N\N/C(C)=C/C(C)=O)/N=C/c1ccccc1N. The van der Waals surface area contributed by atoms with Crippen molar-refractivity contribution in [3.8, 4) is 0 Å². The van der Waals surface area contributed by atoms with Crippen LogP contribution < -0.4 is 11.2 Å². The van der Waals surface area contributed by atoms with Crippen LogP contribution in [0.2, 0.25) is 0 Å². The maximum Gasteiger partial charge on any atom is 0.206 e. The molecule has 0 saturated heterocycles. The van der Waals surface area contributed by atoms with Gasteiger partial charge >= 0.3 is 0 Å². The van der Waals surface area contributed by atoms with E-state index in [4.69, 9.17) is 5.73 Å². The van der Waals surface area contributed by atoms with E-state index in [1.165, 1.54) is 24.8 Å². The first-order valence-electron chi connectivity index (χ1n) is 5.98. The van der Waals surface area contributed by atoms with Crippen molar-refractivity contribution < 1.29 is 4.79 Å². The van der Waals surface area contributed by atoms with Crippen LogP contribution in [0.4, 0.5) is 5.69 Å². The van der Waals surface area contributed by atoms with Gasteiger partial charge in [-0.1, -0.05) is 30.0 Å². The summed E-state index contributed by atoms with van der Waals surface area (Å²) < 4.78 is 0. The molecule has 0 saturated carbocycles. The number of hydrogen-bond donors (Lipinski definition) is 2. The second-order valence-corrected chi connectivity index (χ2v) is 4.81. The molecule has 106 valence electrons. The van der Waals surface area contributed by atoms with Crippen LogP contribution in [-0.2, 0) is 4.79 Å². The molecule has 1 rings (SSSR count). The number of hydrogen-bond acceptors (Lipinski definition) is 5. The van der Waals surface area contributed by atoms with Gasteiger partial charge in [-0.05, 0) is 26.2 Å². The fourth-order valence-corrected chi connectivity index (χ4v) is 1.65. The molecule has 0 aliphatic heterocycles. The zero-order chi connectivity index (χ0) is 15.0. The molecule has 0 unspecified atom stereocenters. The average molecular weight is 290 g/mol. The summed E-state index contributed by atoms with van der Waals surface area (Å²) in [5.74, 6) is -0.0311. The van der Waals surface area contributed by atoms with Crippen molar-refractivity contribution in [3.63, 3.8) is 0 Å². The number of allylic oxidation sites excluding steroid dienone is 2. The van der Waals surface area contributed by atoms with Crippen LogP contribution in [-0.4, -0.2) is 23.4 Å². The van der Waals surface area contributed by atoms with Crippen molar-refractivity contribution in [2.75, 3.05) is 12.0 Å². The highest BCUT2D eigenvalue weighted by molar-refractivity contribution is 8.13. The number of carbonyl (C=O) groups excluding carboxylic acids is 1. The van der Waals surface area contributed by atoms with Gasteiger partial charge in [-0.15, -0.1) is 5.10 Å². The normalized spacial score (nSPS) is 12.8. The van der Waals surface area contributed by atoms with Gasteiger partial charge in [-0.25, -0.2) is 4.99 Å². The fraction of sp³-hybridized carbons (Fsp3) is 0.214. The van der Waals surface area contributed by atoms with Crippen molar-refractivity contribution in [1.29, 1.82) is 0 Å². The number of amidine groups is 1. The summed E-state index contributed by atoms with van der Waals surface area (Å²) in [6.45, 7) is 3.25. The number of nitrogens with two attached hydrogens (primary N) is 1. The first-order chi connectivity index (χ1) is 9.52. The van der Waals surface area contributed by atoms with Gasteiger partial charge < -0.3 is 5.73 Å². The van der Waals surface area contributed by atoms with Gasteiger partial charge in [0.05, 0.1) is 0 Å². The van der Waals surface area contributed by atoms with E-state index in [1.54, 1.807) is 13.1 Å². The minimum absolute atomic E-state index is 0.0311. The topological polar surface area (TPSA) is 79.8 Å². The van der Waals surface area contributed by atoms with Gasteiger partial charge in [0, 0.05) is 29.2 Å². The molecule has 1 aromatic rings. The van der Waals surface area contributed by atoms with Crippen LogP contribution >= 0.6 is 11.8 Å². The zero-order valence-electron chi connectivity index (χ0n) is 11.8. The van der Waals surface area contributed by atoms with Gasteiger partial charge in [0.1, 0.15) is 0 Å². The Hall–Kier alpha value is -2.08. The number of nitrogens with zero attached hydrogens (tertiary/aromatic N) is 2. The van der Waals surface area contributed by atoms with Crippen LogP contribution in [0.5, 0.6) is 0 Å². The molecule has 0 radical (unpaired) electrons. The quantitative estimate of drug-likeness (QED) is 0.293. The predicted octanol–water partition coefficient (Wildman–Crippen LogP) is 2.40. The molecule has 0 amide bonds. The van der Waals surface area contributed by atoms with E-state index in [0.717, 1.165) is 5.56 Å². The highest BCUT2D eigenvalue weighted by Gasteiger charge is 1.97. The van der Waals surface area contributed by atoms with Crippen molar-refractivity contribution in [2.45, 2.75) is 13.8 Å². The predicted molar refractivity (Wildman–Crippen MR) is 87.0 cm³/mol. The number of rotatable bonds is 4. The van der Waals surface area contributed by atoms with Gasteiger partial charge in [0.2, 0.25) is 5.17 Å². The molecule has 5 nitrogen and oxygen atoms in total. The second kappa shape index (κ2) is 8.16. The maximum atomic E-state index is 10.9. The Morgan fingerprint density at radius 2 is 2.05 bits per heavy atom. The Bertz CT molecular complexity index is 564. The number of para-hydroxylation sites is 1. The van der Waals surface area contributed by atoms with Crippen LogP contribution in [0.1, 0.15) is 19.4 Å². The fourth-order valence-electron chi connectivity index (χ4n) is 1.35. The molecule has 0 fully saturated rings. The minimum Gasteiger partial charge on any atom is -0.398 e. The van der Waals surface area contributed by atoms with E-state index in [-0.39, 0.29) is 5.78 Å². The Labute approximate surface area is 123 Å². The number of hydrazone groups is 1. The summed E-state index contributed by atoms with van der Waals surface area (Å²) in [6, 6.07) is 7.46. The van der Waals surface area contributed by atoms with Crippen molar-refractivity contribution in [1.82, 2.24) is 5.43 Å². The summed E-state index contributed by atoms with van der Waals surface area (Å²) in [7, 11) is 0. The minimum atomic E-state index is -0.0311. The summed E-state index contributed by atoms with van der Waals surface area (Å²) in [6.07, 6.45) is 5.01. The van der Waals surface area contributed by atoms with E-state index in [2.05, 4.69) is 15.5 Å². The summed E-state index contributed by atoms with van der Waals surface area (Å²) in [5, 5.41) is 4.66. The molecule has 0 spiro atoms. The van der Waals surface area contributed by atoms with Crippen LogP contribution in [0.25, 0.3) is 0 Å². The molecule has 1 aromatic carbocycles. The third kappa shape index (κ3) is 5.71. The lowest BCUT2D eigenvalue weighted by molar-refractivity contribution is -0.112. The largest absolute Gasteiger partial charge is 0.398 e. The summed E-state index contributed by atoms with van der Waals surface area (Å²) in [5.41, 5.74) is 10.8. The smallest absolute Gasteiger partial charge is 0.206 e. The number of benzene rings is 1. The number of anilines is 1. The zero-order valence-corrected chi connectivity index (χ0v) is 12.6. The van der Waals surface area contributed by atoms with E-state index in [1.807, 2.05) is 30.5 Å². The first-order valence-corrected chi connectivity index (χ1v) is 7.20. The Morgan fingerprint density at radius 3 is 2.65 bits per heavy atom. The average Bonchev–Trinajstić information content (AvgIpc) is 2.40. The molecule has 0 bridgehead atoms. The van der Waals surface area contributed by atoms with Crippen molar-refractivity contribution in [3.05, 3.63) is 41.6 Å². The van der Waals surface area contributed by atoms with Crippen LogP contribution in [0.3, 0.4) is 0 Å². The van der Waals surface area contributed by atoms with Gasteiger partial charge in [-0.2, -0.15) is 0 Å². The van der Waals surface area contributed by atoms with E-state index < -0.39 is 0 Å². The highest BCUT2D eigenvalue weighted by atomic mass is 32.2. The second-order valence-electron chi connectivity index (χ2n) is 4.04. The Kier molecular flexibility index (Phi) is 6.52.